The lowest BCUT2D eigenvalue weighted by molar-refractivity contribution is 0.211. The van der Waals surface area contributed by atoms with E-state index >= 15 is 0 Å². The number of hydrogen-bond donors (Lipinski definition) is 2. The Hall–Kier alpha value is -1.99. The molecule has 0 fully saturated rings. The number of aliphatic hydroxyl groups excluding tert-OH is 1. The third kappa shape index (κ3) is 3.03. The Morgan fingerprint density at radius 2 is 1.86 bits per heavy atom. The first-order valence-electron chi connectivity index (χ1n) is 6.39. The minimum Gasteiger partial charge on any atom is -0.390 e. The van der Waals surface area contributed by atoms with Crippen LogP contribution in [-0.2, 0) is 14.1 Å². The van der Waals surface area contributed by atoms with E-state index in [9.17, 15) is 14.7 Å². The minimum absolute atomic E-state index is 0.130. The van der Waals surface area contributed by atoms with Crippen LogP contribution < -0.4 is 16.7 Å². The van der Waals surface area contributed by atoms with Crippen LogP contribution in [0.3, 0.4) is 0 Å². The Morgan fingerprint density at radius 1 is 1.24 bits per heavy atom. The van der Waals surface area contributed by atoms with Gasteiger partial charge in [0.05, 0.1) is 17.7 Å². The summed E-state index contributed by atoms with van der Waals surface area (Å²) < 4.78 is 3.56. The van der Waals surface area contributed by atoms with E-state index in [2.05, 4.69) is 5.32 Å². The largest absolute Gasteiger partial charge is 0.390 e. The maximum atomic E-state index is 12.1. The van der Waals surface area contributed by atoms with E-state index < -0.39 is 17.5 Å². The Balaban J connectivity index is 2.36. The molecule has 0 amide bonds. The smallest absolute Gasteiger partial charge is 0.351 e. The van der Waals surface area contributed by atoms with Crippen molar-refractivity contribution in [2.45, 2.75) is 6.10 Å². The van der Waals surface area contributed by atoms with Crippen LogP contribution in [-0.4, -0.2) is 37.6 Å². The predicted molar refractivity (Wildman–Crippen MR) is 81.5 cm³/mol. The molecule has 0 radical (unpaired) electrons. The van der Waals surface area contributed by atoms with Crippen molar-refractivity contribution in [3.8, 4) is 5.69 Å². The third-order valence-electron chi connectivity index (χ3n) is 3.21. The van der Waals surface area contributed by atoms with Gasteiger partial charge in [0.15, 0.2) is 0 Å². The van der Waals surface area contributed by atoms with Crippen molar-refractivity contribution in [3.05, 3.63) is 45.2 Å². The molecule has 0 spiro atoms. The zero-order chi connectivity index (χ0) is 15.6. The van der Waals surface area contributed by atoms with E-state index in [1.54, 1.807) is 24.3 Å². The van der Waals surface area contributed by atoms with Crippen LogP contribution in [0, 0.1) is 0 Å². The van der Waals surface area contributed by atoms with Crippen molar-refractivity contribution in [2.75, 3.05) is 17.7 Å². The topological polar surface area (TPSA) is 81.2 Å². The van der Waals surface area contributed by atoms with Gasteiger partial charge in [-0.25, -0.2) is 23.5 Å². The molecule has 2 N–H and O–H groups in total. The van der Waals surface area contributed by atoms with Gasteiger partial charge in [-0.15, -0.1) is 11.6 Å². The first-order valence-corrected chi connectivity index (χ1v) is 6.92. The molecule has 1 unspecified atom stereocenters. The fourth-order valence-electron chi connectivity index (χ4n) is 1.89. The Labute approximate surface area is 126 Å². The van der Waals surface area contributed by atoms with Crippen LogP contribution in [0.25, 0.3) is 5.69 Å². The number of nitrogens with zero attached hydrogens (tertiary/aromatic N) is 3. The molecular formula is C13H17ClN4O3. The van der Waals surface area contributed by atoms with Gasteiger partial charge in [-0.3, -0.25) is 0 Å². The highest BCUT2D eigenvalue weighted by Crippen LogP contribution is 2.12. The molecule has 2 aromatic rings. The minimum atomic E-state index is -0.664. The number of benzene rings is 1. The molecule has 1 aromatic carbocycles. The lowest BCUT2D eigenvalue weighted by Crippen LogP contribution is -2.27. The standard InChI is InChI=1S/C13H17ClN4O3/c1-16-12(20)18(13(21)17(16)2)10-5-3-4-9(6-10)15-8-11(19)7-14/h3-6,11,15,19H,7-8H2,1-2H3. The summed E-state index contributed by atoms with van der Waals surface area (Å²) in [6.45, 7) is 0.286. The summed E-state index contributed by atoms with van der Waals surface area (Å²) in [5.41, 5.74) is 0.321. The lowest BCUT2D eigenvalue weighted by Gasteiger charge is -2.10. The van der Waals surface area contributed by atoms with Crippen molar-refractivity contribution in [1.82, 2.24) is 13.9 Å². The van der Waals surface area contributed by atoms with E-state index in [1.165, 1.54) is 23.5 Å². The van der Waals surface area contributed by atoms with Crippen LogP contribution in [0.4, 0.5) is 5.69 Å². The van der Waals surface area contributed by atoms with Crippen LogP contribution in [0.2, 0.25) is 0 Å². The summed E-state index contributed by atoms with van der Waals surface area (Å²) in [6.07, 6.45) is -0.664. The lowest BCUT2D eigenvalue weighted by atomic mass is 10.2. The molecule has 21 heavy (non-hydrogen) atoms. The molecule has 2 rings (SSSR count). The molecule has 0 saturated heterocycles. The van der Waals surface area contributed by atoms with Crippen molar-refractivity contribution < 1.29 is 5.11 Å². The van der Waals surface area contributed by atoms with Gasteiger partial charge in [-0.1, -0.05) is 6.07 Å². The highest BCUT2D eigenvalue weighted by Gasteiger charge is 2.12. The SMILES string of the molecule is Cn1c(=O)n(-c2cccc(NCC(O)CCl)c2)c(=O)n1C. The number of rotatable bonds is 5. The van der Waals surface area contributed by atoms with Gasteiger partial charge in [0.1, 0.15) is 0 Å². The average Bonchev–Trinajstić information content (AvgIpc) is 2.69. The highest BCUT2D eigenvalue weighted by molar-refractivity contribution is 6.18. The van der Waals surface area contributed by atoms with E-state index in [4.69, 9.17) is 11.6 Å². The molecule has 1 aromatic heterocycles. The van der Waals surface area contributed by atoms with Crippen molar-refractivity contribution in [2.24, 2.45) is 14.1 Å². The summed E-state index contributed by atoms with van der Waals surface area (Å²) in [6, 6.07) is 6.85. The number of anilines is 1. The average molecular weight is 313 g/mol. The number of hydrogen-bond acceptors (Lipinski definition) is 4. The normalized spacial score (nSPS) is 12.4. The van der Waals surface area contributed by atoms with Gasteiger partial charge in [0, 0.05) is 26.3 Å². The Kier molecular flexibility index (Phi) is 4.54. The molecule has 0 aliphatic carbocycles. The molecule has 0 aliphatic rings. The maximum absolute atomic E-state index is 12.1. The van der Waals surface area contributed by atoms with Gasteiger partial charge >= 0.3 is 11.4 Å². The quantitative estimate of drug-likeness (QED) is 0.755. The zero-order valence-electron chi connectivity index (χ0n) is 11.8. The number of aliphatic hydroxyl groups is 1. The molecule has 8 heteroatoms. The molecule has 114 valence electrons. The summed E-state index contributed by atoms with van der Waals surface area (Å²) in [5.74, 6) is 0.130. The molecule has 1 heterocycles. The highest BCUT2D eigenvalue weighted by atomic mass is 35.5. The van der Waals surface area contributed by atoms with Gasteiger partial charge in [0.2, 0.25) is 0 Å². The summed E-state index contributed by atoms with van der Waals surface area (Å²) >= 11 is 5.52. The number of alkyl halides is 1. The van der Waals surface area contributed by atoms with Gasteiger partial charge in [-0.05, 0) is 18.2 Å². The molecular weight excluding hydrogens is 296 g/mol. The second-order valence-corrected chi connectivity index (χ2v) is 5.00. The van der Waals surface area contributed by atoms with E-state index in [-0.39, 0.29) is 12.4 Å². The molecule has 1 atom stereocenters. The van der Waals surface area contributed by atoms with Crippen molar-refractivity contribution >= 4 is 17.3 Å². The van der Waals surface area contributed by atoms with Crippen molar-refractivity contribution in [1.29, 1.82) is 0 Å². The Bertz CT molecular complexity index is 713. The fraction of sp³-hybridized carbons (Fsp3) is 0.385. The van der Waals surface area contributed by atoms with Crippen LogP contribution >= 0.6 is 11.6 Å². The molecule has 7 nitrogen and oxygen atoms in total. The Morgan fingerprint density at radius 3 is 2.43 bits per heavy atom. The summed E-state index contributed by atoms with van der Waals surface area (Å²) in [4.78, 5) is 24.1. The number of nitrogens with one attached hydrogen (secondary N) is 1. The molecule has 0 aliphatic heterocycles. The predicted octanol–water partition coefficient (Wildman–Crippen LogP) is -0.114. The van der Waals surface area contributed by atoms with Gasteiger partial charge < -0.3 is 10.4 Å². The fourth-order valence-corrected chi connectivity index (χ4v) is 2.00. The summed E-state index contributed by atoms with van der Waals surface area (Å²) in [5, 5.41) is 12.4. The first kappa shape index (κ1) is 15.4. The van der Waals surface area contributed by atoms with Crippen LogP contribution in [0.1, 0.15) is 0 Å². The number of aromatic nitrogens is 3. The van der Waals surface area contributed by atoms with Gasteiger partial charge in [-0.2, -0.15) is 0 Å². The van der Waals surface area contributed by atoms with E-state index in [1.807, 2.05) is 0 Å². The van der Waals surface area contributed by atoms with E-state index in [0.29, 0.717) is 11.4 Å². The summed E-state index contributed by atoms with van der Waals surface area (Å²) in [7, 11) is 3.05. The number of halogens is 1. The molecule has 0 saturated carbocycles. The zero-order valence-corrected chi connectivity index (χ0v) is 12.5. The van der Waals surface area contributed by atoms with Crippen LogP contribution in [0.5, 0.6) is 0 Å². The second kappa shape index (κ2) is 6.19. The second-order valence-electron chi connectivity index (χ2n) is 4.69. The van der Waals surface area contributed by atoms with Crippen molar-refractivity contribution in [3.63, 3.8) is 0 Å². The van der Waals surface area contributed by atoms with Crippen LogP contribution in [0.15, 0.2) is 33.9 Å². The van der Waals surface area contributed by atoms with Gasteiger partial charge in [0.25, 0.3) is 0 Å². The third-order valence-corrected chi connectivity index (χ3v) is 3.57. The monoisotopic (exact) mass is 312 g/mol. The van der Waals surface area contributed by atoms with E-state index in [0.717, 1.165) is 4.57 Å². The molecule has 0 bridgehead atoms. The maximum Gasteiger partial charge on any atom is 0.351 e. The first-order chi connectivity index (χ1) is 9.95.